The van der Waals surface area contributed by atoms with Crippen LogP contribution in [-0.4, -0.2) is 18.3 Å². The maximum Gasteiger partial charge on any atom is 0.119 e. The van der Waals surface area contributed by atoms with Crippen molar-refractivity contribution in [3.63, 3.8) is 0 Å². The summed E-state index contributed by atoms with van der Waals surface area (Å²) < 4.78 is 10.7. The normalized spacial score (nSPS) is 14.0. The summed E-state index contributed by atoms with van der Waals surface area (Å²) >= 11 is 0. The van der Waals surface area contributed by atoms with Crippen molar-refractivity contribution in [1.82, 2.24) is 0 Å². The van der Waals surface area contributed by atoms with Gasteiger partial charge in [-0.25, -0.2) is 0 Å². The minimum atomic E-state index is -0.671. The lowest BCUT2D eigenvalue weighted by molar-refractivity contribution is 0.146. The van der Waals surface area contributed by atoms with Crippen molar-refractivity contribution in [1.29, 1.82) is 0 Å². The van der Waals surface area contributed by atoms with Gasteiger partial charge in [0.15, 0.2) is 0 Å². The molecule has 2 atom stereocenters. The molecule has 0 saturated carbocycles. The minimum absolute atomic E-state index is 0.164. The molecule has 4 nitrogen and oxygen atoms in total. The summed E-state index contributed by atoms with van der Waals surface area (Å²) in [5, 5.41) is 10.4. The molecule has 0 fully saturated rings. The first kappa shape index (κ1) is 14.6. The molecule has 0 saturated heterocycles. The lowest BCUT2D eigenvalue weighted by Gasteiger charge is -2.21. The van der Waals surface area contributed by atoms with E-state index < -0.39 is 6.10 Å². The summed E-state index contributed by atoms with van der Waals surface area (Å²) in [5.74, 6) is 1.44. The van der Waals surface area contributed by atoms with Crippen LogP contribution in [0.1, 0.15) is 35.8 Å². The molecular weight excluding hydrogens is 254 g/mol. The van der Waals surface area contributed by atoms with Crippen molar-refractivity contribution in [2.45, 2.75) is 25.9 Å². The highest BCUT2D eigenvalue weighted by Gasteiger charge is 2.22. The van der Waals surface area contributed by atoms with E-state index in [-0.39, 0.29) is 5.92 Å². The van der Waals surface area contributed by atoms with Gasteiger partial charge >= 0.3 is 0 Å². The zero-order chi connectivity index (χ0) is 14.5. The first-order valence-corrected chi connectivity index (χ1v) is 6.81. The second-order valence-electron chi connectivity index (χ2n) is 4.78. The number of hydrogen-bond donors (Lipinski definition) is 2. The molecule has 4 heteroatoms. The second-order valence-corrected chi connectivity index (χ2v) is 4.78. The molecule has 0 aliphatic rings. The van der Waals surface area contributed by atoms with Crippen LogP contribution < -0.4 is 10.5 Å². The maximum atomic E-state index is 10.4. The highest BCUT2D eigenvalue weighted by Crippen LogP contribution is 2.31. The Bertz CT molecular complexity index is 533. The number of aliphatic hydroxyl groups excluding tert-OH is 1. The summed E-state index contributed by atoms with van der Waals surface area (Å²) in [5.41, 5.74) is 7.57. The lowest BCUT2D eigenvalue weighted by atomic mass is 9.90. The van der Waals surface area contributed by atoms with E-state index in [1.165, 1.54) is 0 Å². The third-order valence-corrected chi connectivity index (χ3v) is 3.35. The Morgan fingerprint density at radius 1 is 1.25 bits per heavy atom. The zero-order valence-electron chi connectivity index (χ0n) is 11.9. The molecule has 1 heterocycles. The Labute approximate surface area is 119 Å². The number of ether oxygens (including phenoxy) is 1. The molecular formula is C16H21NO3. The minimum Gasteiger partial charge on any atom is -0.494 e. The summed E-state index contributed by atoms with van der Waals surface area (Å²) in [6.45, 7) is 4.79. The van der Waals surface area contributed by atoms with Crippen LogP contribution >= 0.6 is 0 Å². The second kappa shape index (κ2) is 6.59. The van der Waals surface area contributed by atoms with E-state index in [0.717, 1.165) is 22.6 Å². The van der Waals surface area contributed by atoms with Crippen LogP contribution in [0.2, 0.25) is 0 Å². The van der Waals surface area contributed by atoms with Gasteiger partial charge in [0.05, 0.1) is 19.0 Å². The number of hydrogen-bond acceptors (Lipinski definition) is 4. The summed E-state index contributed by atoms with van der Waals surface area (Å²) in [7, 11) is 0. The molecule has 1 aromatic heterocycles. The van der Waals surface area contributed by atoms with E-state index in [9.17, 15) is 5.11 Å². The molecule has 0 radical (unpaired) electrons. The van der Waals surface area contributed by atoms with Crippen molar-refractivity contribution >= 4 is 0 Å². The molecule has 108 valence electrons. The Hall–Kier alpha value is -1.78. The zero-order valence-corrected chi connectivity index (χ0v) is 11.9. The van der Waals surface area contributed by atoms with Crippen molar-refractivity contribution in [2.24, 2.45) is 5.73 Å². The monoisotopic (exact) mass is 275 g/mol. The van der Waals surface area contributed by atoms with E-state index >= 15 is 0 Å². The molecule has 2 rings (SSSR count). The van der Waals surface area contributed by atoms with Gasteiger partial charge < -0.3 is 20.0 Å². The molecule has 2 unspecified atom stereocenters. The van der Waals surface area contributed by atoms with E-state index in [2.05, 4.69) is 0 Å². The highest BCUT2D eigenvalue weighted by atomic mass is 16.5. The number of nitrogens with two attached hydrogens (primary N) is 1. The molecule has 1 aromatic carbocycles. The Morgan fingerprint density at radius 2 is 1.95 bits per heavy atom. The van der Waals surface area contributed by atoms with Crippen LogP contribution in [0.15, 0.2) is 41.0 Å². The summed E-state index contributed by atoms with van der Waals surface area (Å²) in [6, 6.07) is 9.52. The largest absolute Gasteiger partial charge is 0.494 e. The van der Waals surface area contributed by atoms with Gasteiger partial charge in [0.25, 0.3) is 0 Å². The van der Waals surface area contributed by atoms with Crippen molar-refractivity contribution < 1.29 is 14.3 Å². The quantitative estimate of drug-likeness (QED) is 0.850. The fourth-order valence-corrected chi connectivity index (χ4v) is 2.28. The van der Waals surface area contributed by atoms with Crippen molar-refractivity contribution in [3.8, 4) is 5.75 Å². The number of rotatable bonds is 6. The standard InChI is InChI=1S/C16H21NO3/c1-3-19-14-6-4-12(5-7-14)15(9-17)16(18)13-8-11(2)20-10-13/h4-8,10,15-16,18H,3,9,17H2,1-2H3. The van der Waals surface area contributed by atoms with E-state index in [1.54, 1.807) is 6.26 Å². The number of benzene rings is 1. The SMILES string of the molecule is CCOc1ccc(C(CN)C(O)c2coc(C)c2)cc1. The third-order valence-electron chi connectivity index (χ3n) is 3.35. The topological polar surface area (TPSA) is 68.6 Å². The predicted octanol–water partition coefficient (Wildman–Crippen LogP) is 2.76. The van der Waals surface area contributed by atoms with Crippen molar-refractivity contribution in [3.05, 3.63) is 53.5 Å². The van der Waals surface area contributed by atoms with Gasteiger partial charge in [-0.2, -0.15) is 0 Å². The number of aryl methyl sites for hydroxylation is 1. The van der Waals surface area contributed by atoms with Crippen molar-refractivity contribution in [2.75, 3.05) is 13.2 Å². The van der Waals surface area contributed by atoms with Crippen LogP contribution in [-0.2, 0) is 0 Å². The Kier molecular flexibility index (Phi) is 4.82. The van der Waals surface area contributed by atoms with Crippen LogP contribution in [0.4, 0.5) is 0 Å². The van der Waals surface area contributed by atoms with Gasteiger partial charge in [-0.1, -0.05) is 12.1 Å². The van der Waals surface area contributed by atoms with Crippen LogP contribution in [0.3, 0.4) is 0 Å². The highest BCUT2D eigenvalue weighted by molar-refractivity contribution is 5.32. The number of furan rings is 1. The van der Waals surface area contributed by atoms with E-state index in [1.807, 2.05) is 44.2 Å². The average molecular weight is 275 g/mol. The molecule has 0 amide bonds. The Morgan fingerprint density at radius 3 is 2.45 bits per heavy atom. The molecule has 0 spiro atoms. The van der Waals surface area contributed by atoms with E-state index in [4.69, 9.17) is 14.9 Å². The predicted molar refractivity (Wildman–Crippen MR) is 77.8 cm³/mol. The molecule has 0 bridgehead atoms. The van der Waals surface area contributed by atoms with Crippen LogP contribution in [0.25, 0.3) is 0 Å². The van der Waals surface area contributed by atoms with Gasteiger partial charge in [0.2, 0.25) is 0 Å². The summed E-state index contributed by atoms with van der Waals surface area (Å²) in [4.78, 5) is 0. The van der Waals surface area contributed by atoms with Crippen LogP contribution in [0, 0.1) is 6.92 Å². The maximum absolute atomic E-state index is 10.4. The molecule has 0 aliphatic heterocycles. The first-order valence-electron chi connectivity index (χ1n) is 6.81. The Balaban J connectivity index is 2.18. The van der Waals surface area contributed by atoms with Gasteiger partial charge in [-0.15, -0.1) is 0 Å². The van der Waals surface area contributed by atoms with Gasteiger partial charge in [-0.05, 0) is 37.6 Å². The molecule has 0 aliphatic carbocycles. The molecule has 20 heavy (non-hydrogen) atoms. The first-order chi connectivity index (χ1) is 9.65. The molecule has 2 aromatic rings. The van der Waals surface area contributed by atoms with Gasteiger partial charge in [0.1, 0.15) is 11.5 Å². The fourth-order valence-electron chi connectivity index (χ4n) is 2.28. The summed E-state index contributed by atoms with van der Waals surface area (Å²) in [6.07, 6.45) is 0.910. The fraction of sp³-hybridized carbons (Fsp3) is 0.375. The van der Waals surface area contributed by atoms with Crippen LogP contribution in [0.5, 0.6) is 5.75 Å². The van der Waals surface area contributed by atoms with Gasteiger partial charge in [0, 0.05) is 18.0 Å². The van der Waals surface area contributed by atoms with Gasteiger partial charge in [-0.3, -0.25) is 0 Å². The average Bonchev–Trinajstić information content (AvgIpc) is 2.88. The van der Waals surface area contributed by atoms with E-state index in [0.29, 0.717) is 13.2 Å². The molecule has 3 N–H and O–H groups in total. The smallest absolute Gasteiger partial charge is 0.119 e. The lowest BCUT2D eigenvalue weighted by Crippen LogP contribution is -2.19. The number of aliphatic hydroxyl groups is 1. The third kappa shape index (κ3) is 3.21.